The second-order valence-corrected chi connectivity index (χ2v) is 4.48. The Kier molecular flexibility index (Phi) is 6.68. The van der Waals surface area contributed by atoms with Gasteiger partial charge in [-0.3, -0.25) is 0 Å². The van der Waals surface area contributed by atoms with Crippen molar-refractivity contribution in [3.05, 3.63) is 0 Å². The molecule has 0 atom stereocenters. The van der Waals surface area contributed by atoms with Gasteiger partial charge in [0.25, 0.3) is 0 Å². The van der Waals surface area contributed by atoms with E-state index in [2.05, 4.69) is 0 Å². The minimum absolute atomic E-state index is 0.0728. The van der Waals surface area contributed by atoms with Gasteiger partial charge in [0.15, 0.2) is 0 Å². The van der Waals surface area contributed by atoms with E-state index in [0.717, 1.165) is 12.8 Å². The summed E-state index contributed by atoms with van der Waals surface area (Å²) in [5.41, 5.74) is 11.4. The highest BCUT2D eigenvalue weighted by atomic mass is 14.7. The number of nitrogens with two attached hydrogens (primary N) is 2. The van der Waals surface area contributed by atoms with E-state index in [1.54, 1.807) is 0 Å². The molecule has 0 rings (SSSR count). The quantitative estimate of drug-likeness (QED) is 0.689. The molecule has 0 aliphatic carbocycles. The van der Waals surface area contributed by atoms with Crippen LogP contribution in [0.5, 0.6) is 0 Å². The first-order valence-electron chi connectivity index (χ1n) is 4.78. The van der Waals surface area contributed by atoms with E-state index in [4.69, 9.17) is 11.5 Å². The normalized spacial score (nSPS) is 12.0. The fourth-order valence-electron chi connectivity index (χ4n) is 0.644. The van der Waals surface area contributed by atoms with E-state index < -0.39 is 0 Å². The van der Waals surface area contributed by atoms with Crippen molar-refractivity contribution < 1.29 is 0 Å². The SMILES string of the molecule is CC.CC(C)(N)CCC(C)(C)N. The predicted molar refractivity (Wildman–Crippen MR) is 57.1 cm³/mol. The molecular weight excluding hydrogens is 148 g/mol. The standard InChI is InChI=1S/C8H20N2.C2H6/c1-7(2,9)5-6-8(3,4)10;1-2/h5-6,9-10H2,1-4H3;1-2H3. The summed E-state index contributed by atoms with van der Waals surface area (Å²) in [6, 6.07) is 0. The molecule has 0 bridgehead atoms. The van der Waals surface area contributed by atoms with Crippen molar-refractivity contribution in [1.82, 2.24) is 0 Å². The van der Waals surface area contributed by atoms with Gasteiger partial charge >= 0.3 is 0 Å². The van der Waals surface area contributed by atoms with Gasteiger partial charge in [0.1, 0.15) is 0 Å². The number of rotatable bonds is 3. The first-order chi connectivity index (χ1) is 5.21. The zero-order valence-corrected chi connectivity index (χ0v) is 9.57. The summed E-state index contributed by atoms with van der Waals surface area (Å²) in [7, 11) is 0. The van der Waals surface area contributed by atoms with E-state index >= 15 is 0 Å². The average molecular weight is 174 g/mol. The maximum absolute atomic E-state index is 5.79. The lowest BCUT2D eigenvalue weighted by Crippen LogP contribution is -2.38. The Morgan fingerprint density at radius 3 is 1.00 bits per heavy atom. The fourth-order valence-corrected chi connectivity index (χ4v) is 0.644. The molecule has 0 aliphatic rings. The van der Waals surface area contributed by atoms with Gasteiger partial charge in [-0.25, -0.2) is 0 Å². The zero-order chi connectivity index (χ0) is 10.4. The van der Waals surface area contributed by atoms with Crippen LogP contribution in [0.1, 0.15) is 54.4 Å². The van der Waals surface area contributed by atoms with E-state index in [1.807, 2.05) is 41.5 Å². The van der Waals surface area contributed by atoms with E-state index in [9.17, 15) is 0 Å². The third kappa shape index (κ3) is 16.5. The summed E-state index contributed by atoms with van der Waals surface area (Å²) in [4.78, 5) is 0. The van der Waals surface area contributed by atoms with Gasteiger partial charge in [0.05, 0.1) is 0 Å². The molecule has 0 radical (unpaired) electrons. The molecule has 0 amide bonds. The summed E-state index contributed by atoms with van der Waals surface area (Å²) in [6.45, 7) is 12.1. The Balaban J connectivity index is 0. The van der Waals surface area contributed by atoms with E-state index in [-0.39, 0.29) is 11.1 Å². The first kappa shape index (κ1) is 14.4. The molecular formula is C10H26N2. The van der Waals surface area contributed by atoms with Crippen LogP contribution in [0, 0.1) is 0 Å². The third-order valence-corrected chi connectivity index (χ3v) is 1.41. The van der Waals surface area contributed by atoms with E-state index in [1.165, 1.54) is 0 Å². The van der Waals surface area contributed by atoms with Crippen LogP contribution in [0.15, 0.2) is 0 Å². The Labute approximate surface area is 77.7 Å². The van der Waals surface area contributed by atoms with Crippen molar-refractivity contribution in [3.8, 4) is 0 Å². The minimum Gasteiger partial charge on any atom is -0.326 e. The lowest BCUT2D eigenvalue weighted by molar-refractivity contribution is 0.376. The summed E-state index contributed by atoms with van der Waals surface area (Å²) in [6.07, 6.45) is 1.97. The molecule has 0 spiro atoms. The van der Waals surface area contributed by atoms with Gasteiger partial charge in [0.2, 0.25) is 0 Å². The summed E-state index contributed by atoms with van der Waals surface area (Å²) in [5, 5.41) is 0. The molecule has 0 aromatic carbocycles. The Morgan fingerprint density at radius 2 is 0.917 bits per heavy atom. The molecule has 0 unspecified atom stereocenters. The molecule has 12 heavy (non-hydrogen) atoms. The van der Waals surface area contributed by atoms with Gasteiger partial charge in [-0.2, -0.15) is 0 Å². The largest absolute Gasteiger partial charge is 0.326 e. The predicted octanol–water partition coefficient (Wildman–Crippen LogP) is 2.27. The molecule has 0 aromatic rings. The van der Waals surface area contributed by atoms with Gasteiger partial charge < -0.3 is 11.5 Å². The van der Waals surface area contributed by atoms with Gasteiger partial charge in [-0.15, -0.1) is 0 Å². The molecule has 76 valence electrons. The molecule has 4 N–H and O–H groups in total. The van der Waals surface area contributed by atoms with Crippen molar-refractivity contribution in [3.63, 3.8) is 0 Å². The molecule has 2 nitrogen and oxygen atoms in total. The summed E-state index contributed by atoms with van der Waals surface area (Å²) in [5.74, 6) is 0. The lowest BCUT2D eigenvalue weighted by atomic mass is 9.91. The average Bonchev–Trinajstić information content (AvgIpc) is 1.86. The maximum atomic E-state index is 5.79. The molecule has 2 heteroatoms. The molecule has 0 aliphatic heterocycles. The topological polar surface area (TPSA) is 52.0 Å². The Morgan fingerprint density at radius 1 is 0.750 bits per heavy atom. The Hall–Kier alpha value is -0.0800. The van der Waals surface area contributed by atoms with Crippen molar-refractivity contribution >= 4 is 0 Å². The number of hydrogen-bond donors (Lipinski definition) is 2. The molecule has 0 fully saturated rings. The van der Waals surface area contributed by atoms with E-state index in [0.29, 0.717) is 0 Å². The summed E-state index contributed by atoms with van der Waals surface area (Å²) >= 11 is 0. The van der Waals surface area contributed by atoms with Crippen LogP contribution in [-0.2, 0) is 0 Å². The minimum atomic E-state index is -0.0728. The van der Waals surface area contributed by atoms with Gasteiger partial charge in [-0.05, 0) is 40.5 Å². The smallest absolute Gasteiger partial charge is 0.00977 e. The van der Waals surface area contributed by atoms with Gasteiger partial charge in [0, 0.05) is 11.1 Å². The first-order valence-corrected chi connectivity index (χ1v) is 4.78. The third-order valence-electron chi connectivity index (χ3n) is 1.41. The highest BCUT2D eigenvalue weighted by molar-refractivity contribution is 4.79. The van der Waals surface area contributed by atoms with Crippen LogP contribution < -0.4 is 11.5 Å². The van der Waals surface area contributed by atoms with Crippen LogP contribution in [0.3, 0.4) is 0 Å². The second kappa shape index (κ2) is 5.55. The molecule has 0 aromatic heterocycles. The van der Waals surface area contributed by atoms with Crippen LogP contribution >= 0.6 is 0 Å². The monoisotopic (exact) mass is 174 g/mol. The molecule has 0 saturated heterocycles. The Bertz CT molecular complexity index is 81.4. The van der Waals surface area contributed by atoms with Crippen molar-refractivity contribution in [2.45, 2.75) is 65.5 Å². The van der Waals surface area contributed by atoms with Crippen molar-refractivity contribution in [2.24, 2.45) is 11.5 Å². The van der Waals surface area contributed by atoms with Crippen molar-refractivity contribution in [1.29, 1.82) is 0 Å². The number of hydrogen-bond acceptors (Lipinski definition) is 2. The second-order valence-electron chi connectivity index (χ2n) is 4.48. The molecule has 0 heterocycles. The van der Waals surface area contributed by atoms with Crippen molar-refractivity contribution in [2.75, 3.05) is 0 Å². The zero-order valence-electron chi connectivity index (χ0n) is 9.57. The van der Waals surface area contributed by atoms with Crippen LogP contribution in [-0.4, -0.2) is 11.1 Å². The van der Waals surface area contributed by atoms with Crippen LogP contribution in [0.25, 0.3) is 0 Å². The van der Waals surface area contributed by atoms with Gasteiger partial charge in [-0.1, -0.05) is 13.8 Å². The van der Waals surface area contributed by atoms with Crippen LogP contribution in [0.4, 0.5) is 0 Å². The highest BCUT2D eigenvalue weighted by Crippen LogP contribution is 2.14. The summed E-state index contributed by atoms with van der Waals surface area (Å²) < 4.78 is 0. The lowest BCUT2D eigenvalue weighted by Gasteiger charge is -2.24. The maximum Gasteiger partial charge on any atom is 0.00977 e. The van der Waals surface area contributed by atoms with Crippen LogP contribution in [0.2, 0.25) is 0 Å². The molecule has 0 saturated carbocycles. The highest BCUT2D eigenvalue weighted by Gasteiger charge is 2.16. The fraction of sp³-hybridized carbons (Fsp3) is 1.00.